The molecule has 13 heteroatoms. The fourth-order valence-corrected chi connectivity index (χ4v) is 5.28. The van der Waals surface area contributed by atoms with Gasteiger partial charge in [-0.2, -0.15) is 13.2 Å². The Bertz CT molecular complexity index is 1200. The normalized spacial score (nSPS) is 22.1. The number of pyridine rings is 1. The zero-order valence-corrected chi connectivity index (χ0v) is 22.6. The Hall–Kier alpha value is -2.90. The fourth-order valence-electron chi connectivity index (χ4n) is 4.29. The maximum Gasteiger partial charge on any atom is 0.404 e. The van der Waals surface area contributed by atoms with E-state index in [4.69, 9.17) is 9.47 Å². The molecule has 1 aromatic heterocycles. The molecule has 0 spiro atoms. The molecular formula is C25H33F3N4O5S. The van der Waals surface area contributed by atoms with Gasteiger partial charge in [-0.1, -0.05) is 13.0 Å². The lowest BCUT2D eigenvalue weighted by atomic mass is 10.0. The summed E-state index contributed by atoms with van der Waals surface area (Å²) in [6, 6.07) is 7.60. The van der Waals surface area contributed by atoms with Crippen LogP contribution in [0.3, 0.4) is 0 Å². The van der Waals surface area contributed by atoms with Gasteiger partial charge in [-0.05, 0) is 42.7 Å². The third kappa shape index (κ3) is 8.30. The highest BCUT2D eigenvalue weighted by atomic mass is 32.2. The van der Waals surface area contributed by atoms with Crippen LogP contribution in [0.2, 0.25) is 0 Å². The minimum Gasteiger partial charge on any atom is -0.491 e. The van der Waals surface area contributed by atoms with Crippen molar-refractivity contribution in [2.75, 3.05) is 44.3 Å². The number of hydrogen-bond acceptors (Lipinski definition) is 7. The Morgan fingerprint density at radius 2 is 1.95 bits per heavy atom. The molecule has 3 rings (SSSR count). The van der Waals surface area contributed by atoms with Crippen LogP contribution in [0.1, 0.15) is 29.8 Å². The number of halogens is 3. The van der Waals surface area contributed by atoms with Crippen molar-refractivity contribution in [3.8, 4) is 5.75 Å². The molecule has 1 amide bonds. The lowest BCUT2D eigenvalue weighted by Gasteiger charge is -2.36. The molecule has 0 bridgehead atoms. The molecule has 0 fully saturated rings. The Balaban J connectivity index is 1.94. The minimum absolute atomic E-state index is 0.0220. The number of ether oxygens (including phenoxy) is 2. The summed E-state index contributed by atoms with van der Waals surface area (Å²) in [5.74, 6) is -2.31. The number of sulfonamides is 1. The van der Waals surface area contributed by atoms with Crippen molar-refractivity contribution in [1.82, 2.24) is 14.8 Å². The van der Waals surface area contributed by atoms with E-state index in [-0.39, 0.29) is 48.2 Å². The molecule has 0 unspecified atom stereocenters. The first-order chi connectivity index (χ1) is 17.8. The third-order valence-corrected chi connectivity index (χ3v) is 7.56. The second kappa shape index (κ2) is 12.3. The monoisotopic (exact) mass is 558 g/mol. The SMILES string of the molecule is CO[C@@H]1CN(C)C(=O)c2cc(NS(=O)(=O)CC(F)(F)F)ccc2OC[C@@H](C)N(Cc2cccnc2)C[C@@H]1C. The van der Waals surface area contributed by atoms with E-state index in [1.54, 1.807) is 26.6 Å². The number of carbonyl (C=O) groups is 1. The molecule has 210 valence electrons. The lowest BCUT2D eigenvalue weighted by Crippen LogP contribution is -2.46. The summed E-state index contributed by atoms with van der Waals surface area (Å²) < 4.78 is 75.7. The molecular weight excluding hydrogens is 525 g/mol. The highest BCUT2D eigenvalue weighted by molar-refractivity contribution is 7.92. The summed E-state index contributed by atoms with van der Waals surface area (Å²) in [5.41, 5.74) is 0.873. The molecule has 0 saturated carbocycles. The molecule has 0 aliphatic carbocycles. The highest BCUT2D eigenvalue weighted by Gasteiger charge is 2.35. The van der Waals surface area contributed by atoms with Gasteiger partial charge in [0.25, 0.3) is 5.91 Å². The number of nitrogens with one attached hydrogen (secondary N) is 1. The number of rotatable bonds is 6. The van der Waals surface area contributed by atoms with Crippen LogP contribution >= 0.6 is 0 Å². The maximum atomic E-state index is 13.4. The first kappa shape index (κ1) is 29.7. The standard InChI is InChI=1S/C25H33F3N4O5S/c1-17-12-32(13-19-6-5-9-29-11-19)18(2)15-37-22-8-7-20(30-38(34,35)16-25(26,27)28)10-21(22)24(33)31(3)14-23(17)36-4/h5-11,17-18,23,30H,12-16H2,1-4H3/t17-,18+,23+/m0/s1. The van der Waals surface area contributed by atoms with Gasteiger partial charge >= 0.3 is 6.18 Å². The Morgan fingerprint density at radius 3 is 2.58 bits per heavy atom. The van der Waals surface area contributed by atoms with Crippen LogP contribution in [0, 0.1) is 5.92 Å². The van der Waals surface area contributed by atoms with Crippen LogP contribution in [0.15, 0.2) is 42.7 Å². The summed E-state index contributed by atoms with van der Waals surface area (Å²) in [7, 11) is -1.58. The molecule has 1 aliphatic rings. The molecule has 1 aliphatic heterocycles. The van der Waals surface area contributed by atoms with Gasteiger partial charge in [-0.15, -0.1) is 0 Å². The van der Waals surface area contributed by atoms with Gasteiger partial charge < -0.3 is 14.4 Å². The Morgan fingerprint density at radius 1 is 1.21 bits per heavy atom. The van der Waals surface area contributed by atoms with E-state index in [0.717, 1.165) is 5.56 Å². The van der Waals surface area contributed by atoms with E-state index in [2.05, 4.69) is 9.88 Å². The smallest absolute Gasteiger partial charge is 0.404 e. The average Bonchev–Trinajstić information content (AvgIpc) is 2.83. The van der Waals surface area contributed by atoms with Crippen LogP contribution < -0.4 is 9.46 Å². The zero-order valence-electron chi connectivity index (χ0n) is 21.7. The number of hydrogen-bond donors (Lipinski definition) is 1. The van der Waals surface area contributed by atoms with E-state index in [9.17, 15) is 26.4 Å². The van der Waals surface area contributed by atoms with Crippen molar-refractivity contribution in [3.63, 3.8) is 0 Å². The van der Waals surface area contributed by atoms with E-state index in [0.29, 0.717) is 13.1 Å². The van der Waals surface area contributed by atoms with Gasteiger partial charge in [0, 0.05) is 57.9 Å². The first-order valence-electron chi connectivity index (χ1n) is 12.0. The quantitative estimate of drug-likeness (QED) is 0.580. The van der Waals surface area contributed by atoms with E-state index < -0.39 is 27.9 Å². The molecule has 1 aromatic carbocycles. The molecule has 9 nitrogen and oxygen atoms in total. The highest BCUT2D eigenvalue weighted by Crippen LogP contribution is 2.28. The number of fused-ring (bicyclic) bond motifs is 1. The van der Waals surface area contributed by atoms with Gasteiger partial charge in [0.1, 0.15) is 12.4 Å². The number of likely N-dealkylation sites (N-methyl/N-ethyl adjacent to an activating group) is 1. The number of nitrogens with zero attached hydrogens (tertiary/aromatic N) is 3. The maximum absolute atomic E-state index is 13.4. The van der Waals surface area contributed by atoms with Crippen molar-refractivity contribution >= 4 is 21.6 Å². The third-order valence-electron chi connectivity index (χ3n) is 6.31. The van der Waals surface area contributed by atoms with Gasteiger partial charge in [-0.3, -0.25) is 19.4 Å². The summed E-state index contributed by atoms with van der Waals surface area (Å²) in [5, 5.41) is 0. The number of amides is 1. The predicted molar refractivity (Wildman–Crippen MR) is 136 cm³/mol. The van der Waals surface area contributed by atoms with E-state index >= 15 is 0 Å². The summed E-state index contributed by atoms with van der Waals surface area (Å²) in [6.45, 7) is 5.73. The number of carbonyl (C=O) groups excluding carboxylic acids is 1. The minimum atomic E-state index is -4.91. The largest absolute Gasteiger partial charge is 0.491 e. The van der Waals surface area contributed by atoms with Gasteiger partial charge in [0.05, 0.1) is 11.7 Å². The van der Waals surface area contributed by atoms with Gasteiger partial charge in [0.15, 0.2) is 5.75 Å². The second-order valence-electron chi connectivity index (χ2n) is 9.58. The molecule has 1 N–H and O–H groups in total. The fraction of sp³-hybridized carbons (Fsp3) is 0.520. The zero-order chi connectivity index (χ0) is 28.1. The van der Waals surface area contributed by atoms with Crippen LogP contribution in [0.4, 0.5) is 18.9 Å². The summed E-state index contributed by atoms with van der Waals surface area (Å²) in [4.78, 5) is 21.2. The van der Waals surface area contributed by atoms with Crippen LogP contribution in [-0.2, 0) is 21.3 Å². The van der Waals surface area contributed by atoms with Gasteiger partial charge in [-0.25, -0.2) is 8.42 Å². The van der Waals surface area contributed by atoms with Crippen LogP contribution in [0.5, 0.6) is 5.75 Å². The van der Waals surface area contributed by atoms with Crippen molar-refractivity contribution < 1.29 is 35.9 Å². The average molecular weight is 559 g/mol. The number of methoxy groups -OCH3 is 1. The number of aromatic nitrogens is 1. The predicted octanol–water partition coefficient (Wildman–Crippen LogP) is 3.39. The van der Waals surface area contributed by atoms with Crippen molar-refractivity contribution in [2.24, 2.45) is 5.92 Å². The molecule has 2 heterocycles. The van der Waals surface area contributed by atoms with Crippen molar-refractivity contribution in [2.45, 2.75) is 38.7 Å². The lowest BCUT2D eigenvalue weighted by molar-refractivity contribution is -0.106. The van der Waals surface area contributed by atoms with Gasteiger partial charge in [0.2, 0.25) is 10.0 Å². The molecule has 3 atom stereocenters. The summed E-state index contributed by atoms with van der Waals surface area (Å²) in [6.07, 6.45) is -1.72. The number of alkyl halides is 3. The Labute approximate surface area is 221 Å². The first-order valence-corrected chi connectivity index (χ1v) is 13.7. The van der Waals surface area contributed by atoms with E-state index in [1.807, 2.05) is 30.7 Å². The van der Waals surface area contributed by atoms with Crippen LogP contribution in [-0.4, -0.2) is 87.0 Å². The molecule has 0 saturated heterocycles. The second-order valence-corrected chi connectivity index (χ2v) is 11.3. The van der Waals surface area contributed by atoms with Crippen molar-refractivity contribution in [3.05, 3.63) is 53.9 Å². The van der Waals surface area contributed by atoms with Crippen LogP contribution in [0.25, 0.3) is 0 Å². The molecule has 2 aromatic rings. The topological polar surface area (TPSA) is 101 Å². The molecule has 38 heavy (non-hydrogen) atoms. The number of benzene rings is 1. The van der Waals surface area contributed by atoms with Crippen molar-refractivity contribution in [1.29, 1.82) is 0 Å². The van der Waals surface area contributed by atoms with E-state index in [1.165, 1.54) is 23.1 Å². The number of anilines is 1. The Kier molecular flexibility index (Phi) is 9.60. The molecule has 0 radical (unpaired) electrons. The summed E-state index contributed by atoms with van der Waals surface area (Å²) >= 11 is 0.